The first-order valence-electron chi connectivity index (χ1n) is 6.03. The van der Waals surface area contributed by atoms with Crippen molar-refractivity contribution in [3.05, 3.63) is 23.8 Å². The molecule has 0 aliphatic carbocycles. The van der Waals surface area contributed by atoms with Gasteiger partial charge in [0, 0.05) is 14.1 Å². The van der Waals surface area contributed by atoms with Crippen molar-refractivity contribution in [3.63, 3.8) is 0 Å². The predicted octanol–water partition coefficient (Wildman–Crippen LogP) is 1.02. The van der Waals surface area contributed by atoms with Crippen molar-refractivity contribution >= 4 is 11.9 Å². The van der Waals surface area contributed by atoms with E-state index < -0.39 is 6.04 Å². The van der Waals surface area contributed by atoms with E-state index >= 15 is 0 Å². The lowest BCUT2D eigenvalue weighted by atomic mass is 10.1. The summed E-state index contributed by atoms with van der Waals surface area (Å²) < 4.78 is 10.9. The number of imide groups is 1. The van der Waals surface area contributed by atoms with E-state index in [1.54, 1.807) is 25.2 Å². The minimum Gasteiger partial charge on any atom is -0.486 e. The molecule has 1 atom stereocenters. The van der Waals surface area contributed by atoms with Gasteiger partial charge in [0.2, 0.25) is 0 Å². The third-order valence-corrected chi connectivity index (χ3v) is 3.42. The van der Waals surface area contributed by atoms with Crippen molar-refractivity contribution in [2.45, 2.75) is 6.04 Å². The molecule has 0 saturated carbocycles. The molecule has 6 nitrogen and oxygen atoms in total. The summed E-state index contributed by atoms with van der Waals surface area (Å²) in [6, 6.07) is 4.44. The molecule has 1 unspecified atom stereocenters. The van der Waals surface area contributed by atoms with Crippen LogP contribution in [0.3, 0.4) is 0 Å². The van der Waals surface area contributed by atoms with Crippen molar-refractivity contribution in [1.82, 2.24) is 9.80 Å². The molecular weight excluding hydrogens is 248 g/mol. The van der Waals surface area contributed by atoms with E-state index in [0.717, 1.165) is 10.5 Å². The highest BCUT2D eigenvalue weighted by atomic mass is 16.6. The van der Waals surface area contributed by atoms with Gasteiger partial charge in [-0.3, -0.25) is 9.69 Å². The fourth-order valence-electron chi connectivity index (χ4n) is 2.39. The number of likely N-dealkylation sites (N-methyl/N-ethyl adjacent to an activating group) is 2. The Kier molecular flexibility index (Phi) is 2.58. The second-order valence-electron chi connectivity index (χ2n) is 4.60. The maximum absolute atomic E-state index is 12.1. The zero-order valence-electron chi connectivity index (χ0n) is 10.8. The van der Waals surface area contributed by atoms with Gasteiger partial charge in [0.25, 0.3) is 5.91 Å². The molecule has 100 valence electrons. The highest BCUT2D eigenvalue weighted by Gasteiger charge is 2.42. The quantitative estimate of drug-likeness (QED) is 0.709. The van der Waals surface area contributed by atoms with Gasteiger partial charge in [0.1, 0.15) is 19.3 Å². The lowest BCUT2D eigenvalue weighted by Crippen LogP contribution is -2.27. The van der Waals surface area contributed by atoms with E-state index in [9.17, 15) is 9.59 Å². The molecule has 0 radical (unpaired) electrons. The van der Waals surface area contributed by atoms with Crippen LogP contribution in [0.5, 0.6) is 11.5 Å². The van der Waals surface area contributed by atoms with E-state index in [4.69, 9.17) is 9.47 Å². The normalized spacial score (nSPS) is 22.1. The van der Waals surface area contributed by atoms with Crippen molar-refractivity contribution in [2.24, 2.45) is 0 Å². The van der Waals surface area contributed by atoms with Gasteiger partial charge >= 0.3 is 6.03 Å². The summed E-state index contributed by atoms with van der Waals surface area (Å²) in [6.45, 7) is 1.01. The SMILES string of the molecule is CN1C(=O)C(c2ccc3c(c2)OCCO3)N(C)C1=O. The average molecular weight is 262 g/mol. The van der Waals surface area contributed by atoms with E-state index in [-0.39, 0.29) is 11.9 Å². The van der Waals surface area contributed by atoms with Crippen LogP contribution >= 0.6 is 0 Å². The molecule has 2 heterocycles. The Balaban J connectivity index is 1.98. The highest BCUT2D eigenvalue weighted by Crippen LogP contribution is 2.36. The van der Waals surface area contributed by atoms with Gasteiger partial charge < -0.3 is 14.4 Å². The summed E-state index contributed by atoms with van der Waals surface area (Å²) in [5, 5.41) is 0. The average Bonchev–Trinajstić information content (AvgIpc) is 2.63. The Hall–Kier alpha value is -2.24. The molecule has 0 spiro atoms. The summed E-state index contributed by atoms with van der Waals surface area (Å²) in [5.41, 5.74) is 0.731. The third kappa shape index (κ3) is 1.71. The van der Waals surface area contributed by atoms with Crippen molar-refractivity contribution in [2.75, 3.05) is 27.3 Å². The lowest BCUT2D eigenvalue weighted by molar-refractivity contribution is -0.127. The Bertz CT molecular complexity index is 558. The second kappa shape index (κ2) is 4.15. The molecule has 1 saturated heterocycles. The predicted molar refractivity (Wildman–Crippen MR) is 66.1 cm³/mol. The Morgan fingerprint density at radius 3 is 2.42 bits per heavy atom. The van der Waals surface area contributed by atoms with Crippen molar-refractivity contribution in [1.29, 1.82) is 0 Å². The van der Waals surface area contributed by atoms with Gasteiger partial charge in [0.05, 0.1) is 0 Å². The van der Waals surface area contributed by atoms with Gasteiger partial charge in [-0.25, -0.2) is 4.79 Å². The number of carbonyl (C=O) groups excluding carboxylic acids is 2. The van der Waals surface area contributed by atoms with Gasteiger partial charge in [-0.15, -0.1) is 0 Å². The maximum Gasteiger partial charge on any atom is 0.327 e. The third-order valence-electron chi connectivity index (χ3n) is 3.42. The molecule has 2 aliphatic heterocycles. The zero-order valence-corrected chi connectivity index (χ0v) is 10.8. The second-order valence-corrected chi connectivity index (χ2v) is 4.60. The van der Waals surface area contributed by atoms with Crippen LogP contribution in [0.25, 0.3) is 0 Å². The van der Waals surface area contributed by atoms with Crippen LogP contribution in [-0.2, 0) is 4.79 Å². The summed E-state index contributed by atoms with van der Waals surface area (Å²) in [7, 11) is 3.10. The van der Waals surface area contributed by atoms with E-state index in [1.165, 1.54) is 11.9 Å². The Morgan fingerprint density at radius 1 is 1.11 bits per heavy atom. The molecule has 1 aromatic carbocycles. The van der Waals surface area contributed by atoms with Crippen LogP contribution in [0.1, 0.15) is 11.6 Å². The standard InChI is InChI=1S/C13H14N2O4/c1-14-11(12(16)15(2)13(14)17)8-3-4-9-10(7-8)19-6-5-18-9/h3-4,7,11H,5-6H2,1-2H3. The molecule has 6 heteroatoms. The largest absolute Gasteiger partial charge is 0.486 e. The zero-order chi connectivity index (χ0) is 13.6. The molecule has 1 fully saturated rings. The topological polar surface area (TPSA) is 59.1 Å². The molecule has 1 aromatic rings. The molecule has 3 amide bonds. The minimum absolute atomic E-state index is 0.232. The molecule has 19 heavy (non-hydrogen) atoms. The highest BCUT2D eigenvalue weighted by molar-refractivity contribution is 6.04. The number of benzene rings is 1. The van der Waals surface area contributed by atoms with Crippen LogP contribution in [-0.4, -0.2) is 49.0 Å². The number of carbonyl (C=O) groups is 2. The molecular formula is C13H14N2O4. The van der Waals surface area contributed by atoms with Crippen LogP contribution < -0.4 is 9.47 Å². The van der Waals surface area contributed by atoms with Crippen LogP contribution in [0.15, 0.2) is 18.2 Å². The molecule has 0 aromatic heterocycles. The summed E-state index contributed by atoms with van der Waals surface area (Å²) in [6.07, 6.45) is 0. The van der Waals surface area contributed by atoms with Gasteiger partial charge in [-0.2, -0.15) is 0 Å². The number of amides is 3. The number of hydrogen-bond donors (Lipinski definition) is 0. The minimum atomic E-state index is -0.590. The summed E-state index contributed by atoms with van der Waals surface area (Å²) in [4.78, 5) is 26.4. The number of hydrogen-bond acceptors (Lipinski definition) is 4. The fraction of sp³-hybridized carbons (Fsp3) is 0.385. The Morgan fingerprint density at radius 2 is 1.79 bits per heavy atom. The van der Waals surface area contributed by atoms with Crippen LogP contribution in [0.2, 0.25) is 0 Å². The van der Waals surface area contributed by atoms with Crippen molar-refractivity contribution in [3.8, 4) is 11.5 Å². The van der Waals surface area contributed by atoms with Crippen LogP contribution in [0.4, 0.5) is 4.79 Å². The summed E-state index contributed by atoms with van der Waals surface area (Å²) >= 11 is 0. The van der Waals surface area contributed by atoms with Gasteiger partial charge in [0.15, 0.2) is 11.5 Å². The molecule has 2 aliphatic rings. The number of urea groups is 1. The first-order chi connectivity index (χ1) is 9.09. The van der Waals surface area contributed by atoms with Gasteiger partial charge in [-0.05, 0) is 17.7 Å². The van der Waals surface area contributed by atoms with Crippen molar-refractivity contribution < 1.29 is 19.1 Å². The number of nitrogens with zero attached hydrogens (tertiary/aromatic N) is 2. The number of rotatable bonds is 1. The first-order valence-corrected chi connectivity index (χ1v) is 6.03. The van der Waals surface area contributed by atoms with E-state index in [2.05, 4.69) is 0 Å². The number of ether oxygens (including phenoxy) is 2. The molecule has 0 bridgehead atoms. The van der Waals surface area contributed by atoms with Gasteiger partial charge in [-0.1, -0.05) is 6.07 Å². The smallest absolute Gasteiger partial charge is 0.327 e. The lowest BCUT2D eigenvalue weighted by Gasteiger charge is -2.21. The van der Waals surface area contributed by atoms with E-state index in [1.807, 2.05) is 0 Å². The van der Waals surface area contributed by atoms with Crippen LogP contribution in [0, 0.1) is 0 Å². The maximum atomic E-state index is 12.1. The summed E-state index contributed by atoms with van der Waals surface area (Å²) in [5.74, 6) is 1.05. The number of fused-ring (bicyclic) bond motifs is 1. The van der Waals surface area contributed by atoms with E-state index in [0.29, 0.717) is 24.7 Å². The molecule has 3 rings (SSSR count). The monoisotopic (exact) mass is 262 g/mol. The first kappa shape index (κ1) is 11.8. The Labute approximate surface area is 110 Å². The molecule has 0 N–H and O–H groups in total. The fourth-order valence-corrected chi connectivity index (χ4v) is 2.39.